The minimum Gasteiger partial charge on any atom is -0.493 e. The zero-order valence-corrected chi connectivity index (χ0v) is 13.4. The van der Waals surface area contributed by atoms with E-state index in [1.54, 1.807) is 6.92 Å². The van der Waals surface area contributed by atoms with E-state index in [9.17, 15) is 5.11 Å². The summed E-state index contributed by atoms with van der Waals surface area (Å²) < 4.78 is 12.6. The Morgan fingerprint density at radius 1 is 1.29 bits per heavy atom. The highest BCUT2D eigenvalue weighted by Crippen LogP contribution is 2.33. The Kier molecular flexibility index (Phi) is 4.17. The van der Waals surface area contributed by atoms with Gasteiger partial charge in [0.2, 0.25) is 0 Å². The van der Waals surface area contributed by atoms with Gasteiger partial charge in [-0.05, 0) is 42.3 Å². The van der Waals surface area contributed by atoms with Crippen LogP contribution in [0.2, 0.25) is 0 Å². The molecule has 4 heteroatoms. The van der Waals surface area contributed by atoms with Crippen LogP contribution in [0.3, 0.4) is 0 Å². The minimum atomic E-state index is -0.458. The molecule has 0 spiro atoms. The topological polar surface area (TPSA) is 38.7 Å². The zero-order chi connectivity index (χ0) is 14.8. The van der Waals surface area contributed by atoms with Crippen LogP contribution in [0, 0.1) is 0 Å². The number of hydrogen-bond acceptors (Lipinski definition) is 3. The molecule has 1 N–H and O–H groups in total. The molecule has 1 unspecified atom stereocenters. The van der Waals surface area contributed by atoms with Gasteiger partial charge in [0, 0.05) is 16.5 Å². The summed E-state index contributed by atoms with van der Waals surface area (Å²) in [6.45, 7) is 2.95. The third-order valence-electron chi connectivity index (χ3n) is 3.58. The van der Waals surface area contributed by atoms with Crippen molar-refractivity contribution in [1.82, 2.24) is 0 Å². The summed E-state index contributed by atoms with van der Waals surface area (Å²) in [6.07, 6.45) is 0.492. The first-order valence-corrected chi connectivity index (χ1v) is 7.77. The van der Waals surface area contributed by atoms with Crippen LogP contribution in [0.5, 0.6) is 11.5 Å². The Bertz CT molecular complexity index is 635. The molecule has 21 heavy (non-hydrogen) atoms. The molecule has 3 nitrogen and oxygen atoms in total. The van der Waals surface area contributed by atoms with E-state index in [2.05, 4.69) is 22.0 Å². The SMILES string of the molecule is CC(O)c1ccc(OCc2cc(Br)cc3c2OCC3)cc1. The van der Waals surface area contributed by atoms with Crippen molar-refractivity contribution < 1.29 is 14.6 Å². The Morgan fingerprint density at radius 2 is 2.05 bits per heavy atom. The number of benzene rings is 2. The molecule has 0 amide bonds. The van der Waals surface area contributed by atoms with Gasteiger partial charge in [-0.3, -0.25) is 0 Å². The number of ether oxygens (including phenoxy) is 2. The van der Waals surface area contributed by atoms with Crippen molar-refractivity contribution in [3.63, 3.8) is 0 Å². The Labute approximate surface area is 132 Å². The Morgan fingerprint density at radius 3 is 2.76 bits per heavy atom. The molecule has 1 aliphatic rings. The lowest BCUT2D eigenvalue weighted by Crippen LogP contribution is -1.99. The summed E-state index contributed by atoms with van der Waals surface area (Å²) in [5, 5.41) is 9.50. The third-order valence-corrected chi connectivity index (χ3v) is 4.04. The number of hydrogen-bond donors (Lipinski definition) is 1. The molecular weight excluding hydrogens is 332 g/mol. The summed E-state index contributed by atoms with van der Waals surface area (Å²) in [7, 11) is 0. The zero-order valence-electron chi connectivity index (χ0n) is 11.8. The second kappa shape index (κ2) is 6.08. The summed E-state index contributed by atoms with van der Waals surface area (Å²) in [5.74, 6) is 1.74. The van der Waals surface area contributed by atoms with Gasteiger partial charge in [-0.2, -0.15) is 0 Å². The van der Waals surface area contributed by atoms with E-state index in [1.807, 2.05) is 30.3 Å². The van der Waals surface area contributed by atoms with E-state index in [0.29, 0.717) is 6.61 Å². The van der Waals surface area contributed by atoms with Crippen LogP contribution in [0.25, 0.3) is 0 Å². The molecule has 0 aromatic heterocycles. The second-order valence-corrected chi connectivity index (χ2v) is 6.10. The van der Waals surface area contributed by atoms with Crippen molar-refractivity contribution in [3.05, 3.63) is 57.6 Å². The maximum Gasteiger partial charge on any atom is 0.129 e. The number of aliphatic hydroxyl groups is 1. The van der Waals surface area contributed by atoms with E-state index in [1.165, 1.54) is 5.56 Å². The fraction of sp³-hybridized carbons (Fsp3) is 0.294. The average Bonchev–Trinajstić information content (AvgIpc) is 2.93. The molecule has 1 heterocycles. The van der Waals surface area contributed by atoms with Gasteiger partial charge >= 0.3 is 0 Å². The monoisotopic (exact) mass is 348 g/mol. The molecule has 1 atom stereocenters. The average molecular weight is 349 g/mol. The lowest BCUT2D eigenvalue weighted by molar-refractivity contribution is 0.199. The summed E-state index contributed by atoms with van der Waals surface area (Å²) in [4.78, 5) is 0. The van der Waals surface area contributed by atoms with Gasteiger partial charge in [0.1, 0.15) is 18.1 Å². The van der Waals surface area contributed by atoms with Crippen LogP contribution in [-0.2, 0) is 13.0 Å². The van der Waals surface area contributed by atoms with Crippen molar-refractivity contribution in [1.29, 1.82) is 0 Å². The second-order valence-electron chi connectivity index (χ2n) is 5.19. The predicted molar refractivity (Wildman–Crippen MR) is 84.7 cm³/mol. The summed E-state index contributed by atoms with van der Waals surface area (Å²) >= 11 is 3.53. The Balaban J connectivity index is 1.73. The number of halogens is 1. The van der Waals surface area contributed by atoms with E-state index in [0.717, 1.165) is 40.1 Å². The van der Waals surface area contributed by atoms with Crippen molar-refractivity contribution >= 4 is 15.9 Å². The first kappa shape index (κ1) is 14.4. The normalized spacial score (nSPS) is 14.4. The Hall–Kier alpha value is -1.52. The first-order chi connectivity index (χ1) is 10.1. The molecule has 3 rings (SSSR count). The molecule has 110 valence electrons. The van der Waals surface area contributed by atoms with E-state index in [4.69, 9.17) is 9.47 Å². The van der Waals surface area contributed by atoms with Crippen molar-refractivity contribution in [2.24, 2.45) is 0 Å². The van der Waals surface area contributed by atoms with Crippen molar-refractivity contribution in [2.75, 3.05) is 6.61 Å². The van der Waals surface area contributed by atoms with E-state index >= 15 is 0 Å². The molecule has 0 aliphatic carbocycles. The van der Waals surface area contributed by atoms with Crippen LogP contribution >= 0.6 is 15.9 Å². The highest BCUT2D eigenvalue weighted by Gasteiger charge is 2.17. The highest BCUT2D eigenvalue weighted by molar-refractivity contribution is 9.10. The maximum absolute atomic E-state index is 9.50. The quantitative estimate of drug-likeness (QED) is 0.906. The number of rotatable bonds is 4. The van der Waals surface area contributed by atoms with E-state index in [-0.39, 0.29) is 0 Å². The molecule has 2 aromatic rings. The number of fused-ring (bicyclic) bond motifs is 1. The maximum atomic E-state index is 9.50. The fourth-order valence-electron chi connectivity index (χ4n) is 2.46. The summed E-state index contributed by atoms with van der Waals surface area (Å²) in [5.41, 5.74) is 3.16. The minimum absolute atomic E-state index is 0.458. The van der Waals surface area contributed by atoms with Gasteiger partial charge in [-0.15, -0.1) is 0 Å². The van der Waals surface area contributed by atoms with Gasteiger partial charge in [0.25, 0.3) is 0 Å². The number of aliphatic hydroxyl groups excluding tert-OH is 1. The molecular formula is C17H17BrO3. The highest BCUT2D eigenvalue weighted by atomic mass is 79.9. The predicted octanol–water partition coefficient (Wildman–Crippen LogP) is 4.02. The fourth-order valence-corrected chi connectivity index (χ4v) is 3.01. The molecule has 0 bridgehead atoms. The van der Waals surface area contributed by atoms with Crippen LogP contribution in [0.1, 0.15) is 29.7 Å². The van der Waals surface area contributed by atoms with Crippen LogP contribution < -0.4 is 9.47 Å². The molecule has 0 saturated heterocycles. The van der Waals surface area contributed by atoms with Gasteiger partial charge < -0.3 is 14.6 Å². The molecule has 0 fully saturated rings. The molecule has 1 aliphatic heterocycles. The molecule has 2 aromatic carbocycles. The van der Waals surface area contributed by atoms with Gasteiger partial charge in [0.15, 0.2) is 0 Å². The van der Waals surface area contributed by atoms with Crippen LogP contribution in [0.15, 0.2) is 40.9 Å². The first-order valence-electron chi connectivity index (χ1n) is 6.98. The van der Waals surface area contributed by atoms with Crippen molar-refractivity contribution in [2.45, 2.75) is 26.1 Å². The standard InChI is InChI=1S/C17H17BrO3/c1-11(19)12-2-4-16(5-3-12)21-10-14-9-15(18)8-13-6-7-20-17(13)14/h2-5,8-9,11,19H,6-7,10H2,1H3. The van der Waals surface area contributed by atoms with Crippen LogP contribution in [-0.4, -0.2) is 11.7 Å². The van der Waals surface area contributed by atoms with Crippen LogP contribution in [0.4, 0.5) is 0 Å². The molecule has 0 saturated carbocycles. The third kappa shape index (κ3) is 3.22. The van der Waals surface area contributed by atoms with E-state index < -0.39 is 6.10 Å². The summed E-state index contributed by atoms with van der Waals surface area (Å²) in [6, 6.07) is 11.6. The molecule has 0 radical (unpaired) electrons. The lowest BCUT2D eigenvalue weighted by Gasteiger charge is -2.12. The largest absolute Gasteiger partial charge is 0.493 e. The van der Waals surface area contributed by atoms with Gasteiger partial charge in [0.05, 0.1) is 12.7 Å². The van der Waals surface area contributed by atoms with Gasteiger partial charge in [-0.25, -0.2) is 0 Å². The van der Waals surface area contributed by atoms with Crippen molar-refractivity contribution in [3.8, 4) is 11.5 Å². The smallest absolute Gasteiger partial charge is 0.129 e. The lowest BCUT2D eigenvalue weighted by atomic mass is 10.1. The van der Waals surface area contributed by atoms with Gasteiger partial charge in [-0.1, -0.05) is 28.1 Å².